The first-order valence-corrected chi connectivity index (χ1v) is 13.0. The van der Waals surface area contributed by atoms with Gasteiger partial charge in [-0.15, -0.1) is 0 Å². The minimum Gasteiger partial charge on any atom is -0.491 e. The van der Waals surface area contributed by atoms with Gasteiger partial charge in [0.2, 0.25) is 0 Å². The SMILES string of the molecule is COC(=O)C1=C(C)NC(C)=C(C(=O)OCCCCNC[C@H](O)COc2ccccc2)[C@@H]1c1cccc([N+](=O)[O-])c1. The highest BCUT2D eigenvalue weighted by atomic mass is 16.6. The third-order valence-electron chi connectivity index (χ3n) is 6.35. The molecule has 11 nitrogen and oxygen atoms in total. The van der Waals surface area contributed by atoms with Crippen LogP contribution in [0, 0.1) is 10.1 Å². The molecule has 1 aliphatic rings. The number of methoxy groups -OCH3 is 1. The molecule has 2 aromatic rings. The number of benzene rings is 2. The fraction of sp³-hybridized carbons (Fsp3) is 0.379. The summed E-state index contributed by atoms with van der Waals surface area (Å²) in [5, 5.41) is 27.7. The lowest BCUT2D eigenvalue weighted by atomic mass is 9.80. The topological polar surface area (TPSA) is 149 Å². The molecule has 3 N–H and O–H groups in total. The number of nitrogens with one attached hydrogen (secondary N) is 2. The molecule has 0 aliphatic carbocycles. The maximum Gasteiger partial charge on any atom is 0.336 e. The molecular weight excluding hydrogens is 518 g/mol. The molecule has 0 saturated heterocycles. The Bertz CT molecular complexity index is 1260. The highest BCUT2D eigenvalue weighted by Crippen LogP contribution is 2.40. The third kappa shape index (κ3) is 8.14. The molecule has 0 spiro atoms. The fourth-order valence-electron chi connectivity index (χ4n) is 4.43. The number of ether oxygens (including phenoxy) is 3. The number of carbonyl (C=O) groups excluding carboxylic acids is 2. The molecule has 0 bridgehead atoms. The predicted molar refractivity (Wildman–Crippen MR) is 147 cm³/mol. The van der Waals surface area contributed by atoms with Crippen molar-refractivity contribution in [1.82, 2.24) is 10.6 Å². The van der Waals surface area contributed by atoms with Crippen LogP contribution in [-0.4, -0.2) is 61.5 Å². The molecule has 3 rings (SSSR count). The van der Waals surface area contributed by atoms with E-state index in [-0.39, 0.29) is 30.0 Å². The minimum absolute atomic E-state index is 0.134. The van der Waals surface area contributed by atoms with E-state index < -0.39 is 28.9 Å². The summed E-state index contributed by atoms with van der Waals surface area (Å²) in [4.78, 5) is 36.8. The molecule has 214 valence electrons. The van der Waals surface area contributed by atoms with Crippen LogP contribution >= 0.6 is 0 Å². The quantitative estimate of drug-likeness (QED) is 0.138. The number of rotatable bonds is 14. The third-order valence-corrected chi connectivity index (χ3v) is 6.35. The van der Waals surface area contributed by atoms with Gasteiger partial charge < -0.3 is 30.0 Å². The van der Waals surface area contributed by atoms with Crippen LogP contribution in [0.15, 0.2) is 77.1 Å². The van der Waals surface area contributed by atoms with Crippen molar-refractivity contribution < 1.29 is 33.8 Å². The fourth-order valence-corrected chi connectivity index (χ4v) is 4.43. The highest BCUT2D eigenvalue weighted by molar-refractivity contribution is 5.99. The van der Waals surface area contributed by atoms with E-state index in [1.165, 1.54) is 25.3 Å². The number of para-hydroxylation sites is 1. The van der Waals surface area contributed by atoms with Gasteiger partial charge in [0.25, 0.3) is 5.69 Å². The number of nitro groups is 1. The summed E-state index contributed by atoms with van der Waals surface area (Å²) in [6, 6.07) is 15.1. The molecule has 0 saturated carbocycles. The number of non-ortho nitro benzene ring substituents is 1. The van der Waals surface area contributed by atoms with Gasteiger partial charge in [-0.05, 0) is 50.9 Å². The molecule has 2 aromatic carbocycles. The van der Waals surface area contributed by atoms with Crippen LogP contribution < -0.4 is 15.4 Å². The van der Waals surface area contributed by atoms with Crippen molar-refractivity contribution in [1.29, 1.82) is 0 Å². The molecule has 11 heteroatoms. The van der Waals surface area contributed by atoms with Gasteiger partial charge in [-0.1, -0.05) is 30.3 Å². The predicted octanol–water partition coefficient (Wildman–Crippen LogP) is 3.36. The number of aliphatic hydroxyl groups is 1. The molecule has 2 atom stereocenters. The van der Waals surface area contributed by atoms with Gasteiger partial charge in [-0.2, -0.15) is 0 Å². The van der Waals surface area contributed by atoms with Gasteiger partial charge in [0.05, 0.1) is 35.7 Å². The number of aliphatic hydroxyl groups excluding tert-OH is 1. The zero-order valence-electron chi connectivity index (χ0n) is 22.8. The summed E-state index contributed by atoms with van der Waals surface area (Å²) in [5.41, 5.74) is 1.58. The van der Waals surface area contributed by atoms with E-state index in [1.54, 1.807) is 19.9 Å². The van der Waals surface area contributed by atoms with Crippen LogP contribution in [0.1, 0.15) is 38.2 Å². The lowest BCUT2D eigenvalue weighted by Gasteiger charge is -2.30. The summed E-state index contributed by atoms with van der Waals surface area (Å²) < 4.78 is 16.0. The Labute approximate surface area is 233 Å². The van der Waals surface area contributed by atoms with Crippen molar-refractivity contribution in [3.05, 3.63) is 92.8 Å². The second kappa shape index (κ2) is 14.8. The van der Waals surface area contributed by atoms with Crippen LogP contribution in [-0.2, 0) is 19.1 Å². The van der Waals surface area contributed by atoms with E-state index in [4.69, 9.17) is 14.2 Å². The van der Waals surface area contributed by atoms with Crippen LogP contribution in [0.4, 0.5) is 5.69 Å². The first kappa shape index (κ1) is 30.3. The maximum absolute atomic E-state index is 13.3. The van der Waals surface area contributed by atoms with E-state index >= 15 is 0 Å². The number of hydrogen-bond acceptors (Lipinski definition) is 10. The standard InChI is InChI=1S/C29H35N3O8/c1-19-25(28(34)38-3)27(21-10-9-11-22(16-21)32(36)37)26(20(2)31-19)29(35)39-15-8-7-14-30-17-23(33)18-40-24-12-5-4-6-13-24/h4-6,9-13,16,23,27,30-31,33H,7-8,14-15,17-18H2,1-3H3/t23-,27+/m0/s1. The molecule has 1 aliphatic heterocycles. The Kier molecular flexibility index (Phi) is 11.2. The Morgan fingerprint density at radius 2 is 1.75 bits per heavy atom. The summed E-state index contributed by atoms with van der Waals surface area (Å²) in [5.74, 6) is -1.49. The van der Waals surface area contributed by atoms with Crippen LogP contribution in [0.25, 0.3) is 0 Å². The minimum atomic E-state index is -0.901. The zero-order valence-corrected chi connectivity index (χ0v) is 22.8. The lowest BCUT2D eigenvalue weighted by Crippen LogP contribution is -2.32. The molecule has 0 radical (unpaired) electrons. The molecule has 0 amide bonds. The summed E-state index contributed by atoms with van der Waals surface area (Å²) in [6.45, 7) is 4.64. The van der Waals surface area contributed by atoms with Gasteiger partial charge in [0.1, 0.15) is 18.5 Å². The normalized spacial score (nSPS) is 15.8. The Morgan fingerprint density at radius 1 is 1.05 bits per heavy atom. The van der Waals surface area contributed by atoms with Crippen LogP contribution in [0.3, 0.4) is 0 Å². The smallest absolute Gasteiger partial charge is 0.336 e. The number of dihydropyridines is 1. The van der Waals surface area contributed by atoms with Gasteiger partial charge in [0, 0.05) is 30.1 Å². The number of nitro benzene ring substituents is 1. The average molecular weight is 554 g/mol. The van der Waals surface area contributed by atoms with Crippen LogP contribution in [0.5, 0.6) is 5.75 Å². The summed E-state index contributed by atoms with van der Waals surface area (Å²) >= 11 is 0. The number of nitrogens with zero attached hydrogens (tertiary/aromatic N) is 1. The van der Waals surface area contributed by atoms with Gasteiger partial charge in [0.15, 0.2) is 0 Å². The van der Waals surface area contributed by atoms with Crippen LogP contribution in [0.2, 0.25) is 0 Å². The molecule has 0 unspecified atom stereocenters. The van der Waals surface area contributed by atoms with Gasteiger partial charge in [-0.25, -0.2) is 9.59 Å². The molecule has 1 heterocycles. The number of esters is 2. The van der Waals surface area contributed by atoms with Crippen molar-refractivity contribution in [2.75, 3.05) is 33.4 Å². The Morgan fingerprint density at radius 3 is 2.42 bits per heavy atom. The molecule has 0 aromatic heterocycles. The second-order valence-electron chi connectivity index (χ2n) is 9.30. The number of carbonyl (C=O) groups is 2. The van der Waals surface area contributed by atoms with E-state index in [1.807, 2.05) is 30.3 Å². The van der Waals surface area contributed by atoms with Crippen molar-refractivity contribution in [2.24, 2.45) is 0 Å². The monoisotopic (exact) mass is 553 g/mol. The average Bonchev–Trinajstić information content (AvgIpc) is 2.95. The lowest BCUT2D eigenvalue weighted by molar-refractivity contribution is -0.384. The summed E-state index contributed by atoms with van der Waals surface area (Å²) in [6.07, 6.45) is 0.587. The summed E-state index contributed by atoms with van der Waals surface area (Å²) in [7, 11) is 1.24. The van der Waals surface area contributed by atoms with Crippen molar-refractivity contribution in [3.63, 3.8) is 0 Å². The first-order chi connectivity index (χ1) is 19.2. The van der Waals surface area contributed by atoms with E-state index in [2.05, 4.69) is 10.6 Å². The maximum atomic E-state index is 13.3. The van der Waals surface area contributed by atoms with Crippen molar-refractivity contribution >= 4 is 17.6 Å². The first-order valence-electron chi connectivity index (χ1n) is 13.0. The van der Waals surface area contributed by atoms with E-state index in [0.717, 1.165) is 0 Å². The van der Waals surface area contributed by atoms with E-state index in [9.17, 15) is 24.8 Å². The highest BCUT2D eigenvalue weighted by Gasteiger charge is 2.38. The van der Waals surface area contributed by atoms with Crippen molar-refractivity contribution in [3.8, 4) is 5.75 Å². The number of allylic oxidation sites excluding steroid dienone is 2. The van der Waals surface area contributed by atoms with Gasteiger partial charge in [-0.3, -0.25) is 10.1 Å². The number of hydrogen-bond donors (Lipinski definition) is 3. The largest absolute Gasteiger partial charge is 0.491 e. The zero-order chi connectivity index (χ0) is 29.1. The molecule has 0 fully saturated rings. The number of unbranched alkanes of at least 4 members (excludes halogenated alkanes) is 1. The second-order valence-corrected chi connectivity index (χ2v) is 9.30. The Balaban J connectivity index is 1.55. The van der Waals surface area contributed by atoms with E-state index in [0.29, 0.717) is 48.6 Å². The molecular formula is C29H35N3O8. The molecule has 40 heavy (non-hydrogen) atoms. The van der Waals surface area contributed by atoms with Gasteiger partial charge >= 0.3 is 11.9 Å². The van der Waals surface area contributed by atoms with Crippen molar-refractivity contribution in [2.45, 2.75) is 38.7 Å². The Hall–Kier alpha value is -4.22.